The molecular formula is C32H29N3O3S. The molecule has 2 N–H and O–H groups in total. The van der Waals surface area contributed by atoms with Gasteiger partial charge in [-0.2, -0.15) is 0 Å². The van der Waals surface area contributed by atoms with E-state index in [0.29, 0.717) is 12.1 Å². The molecule has 1 amide bonds. The summed E-state index contributed by atoms with van der Waals surface area (Å²) in [6.45, 7) is 3.53. The Balaban J connectivity index is 1.24. The standard InChI is InChI=1S/C32H29N3O3S/c1-2-35(32-34-29(21-39-32)27-17-16-24-10-6-7-11-26(24)19-27)20-23-12-14-25(15-13-23)30(36)33-28(31(37)38)18-22-8-4-3-5-9-22/h3-17,19,21,28H,2,18,20H2,1H3,(H,33,36)(H,37,38). The molecule has 5 aromatic rings. The van der Waals surface area contributed by atoms with Crippen LogP contribution in [0, 0.1) is 0 Å². The first-order valence-electron chi connectivity index (χ1n) is 12.9. The molecule has 5 rings (SSSR count). The molecule has 0 saturated heterocycles. The monoisotopic (exact) mass is 535 g/mol. The van der Waals surface area contributed by atoms with Crippen molar-refractivity contribution in [1.29, 1.82) is 0 Å². The number of nitrogens with zero attached hydrogens (tertiary/aromatic N) is 2. The zero-order valence-electron chi connectivity index (χ0n) is 21.6. The number of anilines is 1. The third kappa shape index (κ3) is 6.33. The van der Waals surface area contributed by atoms with Gasteiger partial charge in [0.1, 0.15) is 6.04 Å². The lowest BCUT2D eigenvalue weighted by Gasteiger charge is -2.20. The van der Waals surface area contributed by atoms with Gasteiger partial charge in [0, 0.05) is 36.0 Å². The van der Waals surface area contributed by atoms with Crippen molar-refractivity contribution >= 4 is 39.1 Å². The van der Waals surface area contributed by atoms with Crippen LogP contribution in [0.5, 0.6) is 0 Å². The number of thiazole rings is 1. The second-order valence-corrected chi connectivity index (χ2v) is 10.2. The quantitative estimate of drug-likeness (QED) is 0.216. The molecule has 0 aliphatic rings. The number of carboxylic acid groups (broad SMARTS) is 1. The Hall–Kier alpha value is -4.49. The molecule has 196 valence electrons. The van der Waals surface area contributed by atoms with E-state index in [0.717, 1.165) is 34.1 Å². The van der Waals surface area contributed by atoms with Gasteiger partial charge in [0.15, 0.2) is 5.13 Å². The maximum absolute atomic E-state index is 12.8. The predicted molar refractivity (Wildman–Crippen MR) is 157 cm³/mol. The summed E-state index contributed by atoms with van der Waals surface area (Å²) in [4.78, 5) is 31.6. The summed E-state index contributed by atoms with van der Waals surface area (Å²) in [5.41, 5.74) is 4.36. The molecule has 0 spiro atoms. The fourth-order valence-electron chi connectivity index (χ4n) is 4.48. The van der Waals surface area contributed by atoms with Crippen molar-refractivity contribution in [2.75, 3.05) is 11.4 Å². The van der Waals surface area contributed by atoms with Gasteiger partial charge in [-0.25, -0.2) is 9.78 Å². The minimum Gasteiger partial charge on any atom is -0.480 e. The topological polar surface area (TPSA) is 82.5 Å². The van der Waals surface area contributed by atoms with E-state index in [1.807, 2.05) is 54.6 Å². The molecule has 0 bridgehead atoms. The van der Waals surface area contributed by atoms with Gasteiger partial charge in [-0.15, -0.1) is 11.3 Å². The van der Waals surface area contributed by atoms with Crippen LogP contribution in [0.4, 0.5) is 5.13 Å². The zero-order valence-corrected chi connectivity index (χ0v) is 22.4. The maximum atomic E-state index is 12.8. The van der Waals surface area contributed by atoms with Crippen LogP contribution in [0.15, 0.2) is 102 Å². The number of hydrogen-bond donors (Lipinski definition) is 2. The number of amides is 1. The molecule has 7 heteroatoms. The van der Waals surface area contributed by atoms with Crippen LogP contribution in [0.25, 0.3) is 22.0 Å². The molecule has 39 heavy (non-hydrogen) atoms. The summed E-state index contributed by atoms with van der Waals surface area (Å²) < 4.78 is 0. The van der Waals surface area contributed by atoms with Crippen LogP contribution in [0.2, 0.25) is 0 Å². The minimum atomic E-state index is -1.06. The van der Waals surface area contributed by atoms with Crippen LogP contribution < -0.4 is 10.2 Å². The molecule has 0 fully saturated rings. The Morgan fingerprint density at radius 1 is 0.897 bits per heavy atom. The number of aromatic nitrogens is 1. The predicted octanol–water partition coefficient (Wildman–Crippen LogP) is 6.42. The molecule has 1 atom stereocenters. The number of carbonyl (C=O) groups excluding carboxylic acids is 1. The average molecular weight is 536 g/mol. The van der Waals surface area contributed by atoms with Gasteiger partial charge in [-0.05, 0) is 47.0 Å². The smallest absolute Gasteiger partial charge is 0.326 e. The van der Waals surface area contributed by atoms with Gasteiger partial charge in [0.2, 0.25) is 0 Å². The Morgan fingerprint density at radius 2 is 1.62 bits per heavy atom. The summed E-state index contributed by atoms with van der Waals surface area (Å²) in [6.07, 6.45) is 0.223. The average Bonchev–Trinajstić information content (AvgIpc) is 3.46. The number of hydrogen-bond acceptors (Lipinski definition) is 5. The second-order valence-electron chi connectivity index (χ2n) is 9.34. The van der Waals surface area contributed by atoms with Crippen molar-refractivity contribution < 1.29 is 14.7 Å². The van der Waals surface area contributed by atoms with Crippen molar-refractivity contribution in [3.63, 3.8) is 0 Å². The number of nitrogens with one attached hydrogen (secondary N) is 1. The van der Waals surface area contributed by atoms with E-state index in [2.05, 4.69) is 52.9 Å². The molecule has 0 radical (unpaired) electrons. The Morgan fingerprint density at radius 3 is 2.33 bits per heavy atom. The van der Waals surface area contributed by atoms with Crippen molar-refractivity contribution in [3.05, 3.63) is 119 Å². The first kappa shape index (κ1) is 26.1. The van der Waals surface area contributed by atoms with Gasteiger partial charge in [-0.3, -0.25) is 4.79 Å². The van der Waals surface area contributed by atoms with Crippen molar-refractivity contribution in [1.82, 2.24) is 10.3 Å². The minimum absolute atomic E-state index is 0.223. The highest BCUT2D eigenvalue weighted by molar-refractivity contribution is 7.14. The molecule has 0 saturated carbocycles. The van der Waals surface area contributed by atoms with Crippen LogP contribution in [0.3, 0.4) is 0 Å². The van der Waals surface area contributed by atoms with Crippen molar-refractivity contribution in [2.24, 2.45) is 0 Å². The molecule has 1 aromatic heterocycles. The fourth-order valence-corrected chi connectivity index (χ4v) is 5.38. The lowest BCUT2D eigenvalue weighted by molar-refractivity contribution is -0.139. The Labute approximate surface area is 231 Å². The molecular weight excluding hydrogens is 506 g/mol. The normalized spacial score (nSPS) is 11.7. The lowest BCUT2D eigenvalue weighted by Crippen LogP contribution is -2.42. The molecule has 6 nitrogen and oxygen atoms in total. The van der Waals surface area contributed by atoms with E-state index in [-0.39, 0.29) is 6.42 Å². The van der Waals surface area contributed by atoms with Crippen LogP contribution >= 0.6 is 11.3 Å². The van der Waals surface area contributed by atoms with Crippen molar-refractivity contribution in [2.45, 2.75) is 25.9 Å². The molecule has 0 aliphatic heterocycles. The van der Waals surface area contributed by atoms with E-state index in [1.165, 1.54) is 10.8 Å². The number of fused-ring (bicyclic) bond motifs is 1. The van der Waals surface area contributed by atoms with E-state index in [4.69, 9.17) is 4.98 Å². The molecule has 1 heterocycles. The highest BCUT2D eigenvalue weighted by Crippen LogP contribution is 2.30. The first-order chi connectivity index (χ1) is 19.0. The summed E-state index contributed by atoms with van der Waals surface area (Å²) in [7, 11) is 0. The number of carboxylic acids is 1. The van der Waals surface area contributed by atoms with Crippen molar-refractivity contribution in [3.8, 4) is 11.3 Å². The number of carbonyl (C=O) groups is 2. The number of benzene rings is 4. The van der Waals surface area contributed by atoms with Crippen LogP contribution in [-0.2, 0) is 17.8 Å². The Kier molecular flexibility index (Phi) is 7.99. The number of aliphatic carboxylic acids is 1. The molecule has 4 aromatic carbocycles. The summed E-state index contributed by atoms with van der Waals surface area (Å²) in [6, 6.07) is 30.3. The van der Waals surface area contributed by atoms with Gasteiger partial charge in [0.25, 0.3) is 5.91 Å². The van der Waals surface area contributed by atoms with E-state index in [9.17, 15) is 14.7 Å². The van der Waals surface area contributed by atoms with Crippen LogP contribution in [0.1, 0.15) is 28.4 Å². The van der Waals surface area contributed by atoms with Gasteiger partial charge < -0.3 is 15.3 Å². The van der Waals surface area contributed by atoms with Crippen LogP contribution in [-0.4, -0.2) is 34.6 Å². The highest BCUT2D eigenvalue weighted by atomic mass is 32.1. The summed E-state index contributed by atoms with van der Waals surface area (Å²) >= 11 is 1.61. The largest absolute Gasteiger partial charge is 0.480 e. The third-order valence-corrected chi connectivity index (χ3v) is 7.57. The fraction of sp³-hybridized carbons (Fsp3) is 0.156. The maximum Gasteiger partial charge on any atom is 0.326 e. The lowest BCUT2D eigenvalue weighted by atomic mass is 10.1. The second kappa shape index (κ2) is 11.9. The van der Waals surface area contributed by atoms with Gasteiger partial charge in [0.05, 0.1) is 5.69 Å². The molecule has 1 unspecified atom stereocenters. The van der Waals surface area contributed by atoms with Gasteiger partial charge >= 0.3 is 5.97 Å². The molecule has 0 aliphatic carbocycles. The number of rotatable bonds is 10. The van der Waals surface area contributed by atoms with Gasteiger partial charge in [-0.1, -0.05) is 78.9 Å². The highest BCUT2D eigenvalue weighted by Gasteiger charge is 2.21. The summed E-state index contributed by atoms with van der Waals surface area (Å²) in [5, 5.41) is 17.7. The SMILES string of the molecule is CCN(Cc1ccc(C(=O)NC(Cc2ccccc2)C(=O)O)cc1)c1nc(-c2ccc3ccccc3c2)cs1. The van der Waals surface area contributed by atoms with E-state index >= 15 is 0 Å². The third-order valence-electron chi connectivity index (χ3n) is 6.67. The zero-order chi connectivity index (χ0) is 27.2. The summed E-state index contributed by atoms with van der Waals surface area (Å²) in [5.74, 6) is -1.47. The van der Waals surface area contributed by atoms with E-state index in [1.54, 1.807) is 23.5 Å². The van der Waals surface area contributed by atoms with E-state index < -0.39 is 17.9 Å². The Bertz CT molecular complexity index is 1580. The first-order valence-corrected chi connectivity index (χ1v) is 13.7.